The van der Waals surface area contributed by atoms with Crippen molar-refractivity contribution in [3.63, 3.8) is 0 Å². The predicted octanol–water partition coefficient (Wildman–Crippen LogP) is 2.25. The van der Waals surface area contributed by atoms with E-state index in [1.54, 1.807) is 6.20 Å². The van der Waals surface area contributed by atoms with E-state index in [1.165, 1.54) is 0 Å². The van der Waals surface area contributed by atoms with Crippen LogP contribution in [0.4, 0.5) is 0 Å². The van der Waals surface area contributed by atoms with Gasteiger partial charge in [-0.25, -0.2) is 4.98 Å². The number of hydrogen-bond donors (Lipinski definition) is 1. The van der Waals surface area contributed by atoms with Crippen LogP contribution in [0.3, 0.4) is 0 Å². The molecule has 1 N–H and O–H groups in total. The van der Waals surface area contributed by atoms with Gasteiger partial charge >= 0.3 is 0 Å². The fraction of sp³-hybridized carbons (Fsp3) is 0.625. The van der Waals surface area contributed by atoms with Crippen LogP contribution in [0.2, 0.25) is 0 Å². The molecule has 1 unspecified atom stereocenters. The van der Waals surface area contributed by atoms with E-state index in [-0.39, 0.29) is 10.9 Å². The highest BCUT2D eigenvalue weighted by atomic mass is 32.2. The number of aromatic nitrogens is 1. The molecule has 1 aliphatic rings. The van der Waals surface area contributed by atoms with Crippen LogP contribution >= 0.6 is 11.8 Å². The molecule has 22 heavy (non-hydrogen) atoms. The molecule has 1 saturated heterocycles. The van der Waals surface area contributed by atoms with Crippen LogP contribution in [-0.4, -0.2) is 59.6 Å². The first-order valence-electron chi connectivity index (χ1n) is 7.62. The van der Waals surface area contributed by atoms with Crippen molar-refractivity contribution < 1.29 is 4.74 Å². The molecule has 1 aliphatic heterocycles. The zero-order chi connectivity index (χ0) is 16.0. The lowest BCUT2D eigenvalue weighted by Gasteiger charge is -2.27. The highest BCUT2D eigenvalue weighted by Crippen LogP contribution is 2.20. The molecule has 0 spiro atoms. The molecule has 1 fully saturated rings. The van der Waals surface area contributed by atoms with Crippen LogP contribution in [0.15, 0.2) is 29.4 Å². The zero-order valence-corrected chi connectivity index (χ0v) is 14.7. The third kappa shape index (κ3) is 4.80. The molecule has 0 aromatic carbocycles. The third-order valence-corrected chi connectivity index (χ3v) is 5.06. The number of likely N-dealkylation sites (tertiary alicyclic amines) is 1. The molecule has 1 aromatic heterocycles. The fourth-order valence-corrected chi connectivity index (χ4v) is 2.52. The normalized spacial score (nSPS) is 19.4. The second-order valence-corrected chi connectivity index (χ2v) is 7.52. The maximum atomic E-state index is 5.93. The topological polar surface area (TPSA) is 49.8 Å². The Balaban J connectivity index is 1.85. The van der Waals surface area contributed by atoms with Gasteiger partial charge in [0.1, 0.15) is 6.10 Å². The number of pyridine rings is 1. The summed E-state index contributed by atoms with van der Waals surface area (Å²) in [6.07, 6.45) is 5.05. The molecule has 122 valence electrons. The van der Waals surface area contributed by atoms with Crippen LogP contribution in [0.25, 0.3) is 0 Å². The summed E-state index contributed by atoms with van der Waals surface area (Å²) in [6.45, 7) is 7.15. The number of guanidine groups is 1. The average Bonchev–Trinajstić information content (AvgIpc) is 2.97. The number of thioether (sulfide) groups is 1. The van der Waals surface area contributed by atoms with Gasteiger partial charge in [-0.2, -0.15) is 11.8 Å². The van der Waals surface area contributed by atoms with E-state index in [2.05, 4.69) is 40.3 Å². The predicted molar refractivity (Wildman–Crippen MR) is 93.8 cm³/mol. The van der Waals surface area contributed by atoms with Gasteiger partial charge in [-0.1, -0.05) is 6.07 Å². The minimum absolute atomic E-state index is 0.169. The van der Waals surface area contributed by atoms with Crippen molar-refractivity contribution in [2.24, 2.45) is 4.99 Å². The van der Waals surface area contributed by atoms with E-state index in [9.17, 15) is 0 Å². The Morgan fingerprint density at radius 3 is 3.00 bits per heavy atom. The Kier molecular flexibility index (Phi) is 5.94. The molecule has 0 bridgehead atoms. The highest BCUT2D eigenvalue weighted by Gasteiger charge is 2.27. The van der Waals surface area contributed by atoms with Crippen molar-refractivity contribution in [1.82, 2.24) is 15.2 Å². The Morgan fingerprint density at radius 1 is 1.55 bits per heavy atom. The van der Waals surface area contributed by atoms with E-state index in [0.717, 1.165) is 32.0 Å². The van der Waals surface area contributed by atoms with Crippen molar-refractivity contribution in [3.05, 3.63) is 24.4 Å². The molecule has 1 aromatic rings. The first-order valence-corrected chi connectivity index (χ1v) is 8.85. The van der Waals surface area contributed by atoms with E-state index in [1.807, 2.05) is 37.0 Å². The van der Waals surface area contributed by atoms with Crippen LogP contribution in [0, 0.1) is 0 Å². The Hall–Kier alpha value is -1.43. The van der Waals surface area contributed by atoms with Crippen molar-refractivity contribution in [1.29, 1.82) is 0 Å². The van der Waals surface area contributed by atoms with E-state index < -0.39 is 0 Å². The Labute approximate surface area is 137 Å². The number of rotatable bonds is 5. The van der Waals surface area contributed by atoms with Gasteiger partial charge in [0.15, 0.2) is 5.96 Å². The standard InChI is InChI=1S/C16H26N4OS/c1-16(2,22-4)12-19-15(17-3)20-10-8-13(11-20)21-14-7-5-6-9-18-14/h5-7,9,13H,8,10-12H2,1-4H3,(H,17,19). The summed E-state index contributed by atoms with van der Waals surface area (Å²) in [7, 11) is 1.83. The van der Waals surface area contributed by atoms with Gasteiger partial charge in [-0.3, -0.25) is 4.99 Å². The highest BCUT2D eigenvalue weighted by molar-refractivity contribution is 7.99. The first-order chi connectivity index (χ1) is 10.5. The molecule has 6 heteroatoms. The largest absolute Gasteiger partial charge is 0.472 e. The van der Waals surface area contributed by atoms with E-state index in [4.69, 9.17) is 4.74 Å². The first kappa shape index (κ1) is 16.9. The van der Waals surface area contributed by atoms with E-state index in [0.29, 0.717) is 5.88 Å². The number of nitrogens with zero attached hydrogens (tertiary/aromatic N) is 3. The van der Waals surface area contributed by atoms with Crippen LogP contribution in [0.5, 0.6) is 5.88 Å². The van der Waals surface area contributed by atoms with E-state index >= 15 is 0 Å². The summed E-state index contributed by atoms with van der Waals surface area (Å²) in [5.41, 5.74) is 0. The van der Waals surface area contributed by atoms with Crippen LogP contribution in [0.1, 0.15) is 20.3 Å². The van der Waals surface area contributed by atoms with Gasteiger partial charge in [0, 0.05) is 43.6 Å². The molecule has 0 aliphatic carbocycles. The summed E-state index contributed by atoms with van der Waals surface area (Å²) < 4.78 is 6.12. The molecule has 2 rings (SSSR count). The summed E-state index contributed by atoms with van der Waals surface area (Å²) in [4.78, 5) is 10.9. The lowest BCUT2D eigenvalue weighted by atomic mass is 10.2. The van der Waals surface area contributed by atoms with Crippen molar-refractivity contribution in [2.75, 3.05) is 32.9 Å². The molecular weight excluding hydrogens is 296 g/mol. The maximum absolute atomic E-state index is 5.93. The number of hydrogen-bond acceptors (Lipinski definition) is 4. The Morgan fingerprint density at radius 2 is 2.36 bits per heavy atom. The van der Waals surface area contributed by atoms with Gasteiger partial charge in [0.05, 0.1) is 6.54 Å². The summed E-state index contributed by atoms with van der Waals surface area (Å²) >= 11 is 1.86. The number of nitrogens with one attached hydrogen (secondary N) is 1. The van der Waals surface area contributed by atoms with Gasteiger partial charge in [0.2, 0.25) is 5.88 Å². The monoisotopic (exact) mass is 322 g/mol. The lowest BCUT2D eigenvalue weighted by Crippen LogP contribution is -2.45. The minimum Gasteiger partial charge on any atom is -0.472 e. The molecular formula is C16H26N4OS. The molecule has 5 nitrogen and oxygen atoms in total. The summed E-state index contributed by atoms with van der Waals surface area (Å²) in [6, 6.07) is 5.74. The quantitative estimate of drug-likeness (QED) is 0.665. The Bertz CT molecular complexity index is 492. The van der Waals surface area contributed by atoms with Crippen molar-refractivity contribution >= 4 is 17.7 Å². The summed E-state index contributed by atoms with van der Waals surface area (Å²) in [5.74, 6) is 1.65. The SMILES string of the molecule is CN=C(NCC(C)(C)SC)N1CCC(Oc2ccccn2)C1. The second kappa shape index (κ2) is 7.72. The maximum Gasteiger partial charge on any atom is 0.213 e. The zero-order valence-electron chi connectivity index (χ0n) is 13.9. The molecule has 0 amide bonds. The summed E-state index contributed by atoms with van der Waals surface area (Å²) in [5, 5.41) is 3.47. The molecule has 0 saturated carbocycles. The van der Waals surface area contributed by atoms with Gasteiger partial charge < -0.3 is 15.0 Å². The number of aliphatic imine (C=N–C) groups is 1. The fourth-order valence-electron chi connectivity index (χ4n) is 2.30. The van der Waals surface area contributed by atoms with Crippen molar-refractivity contribution in [3.8, 4) is 5.88 Å². The minimum atomic E-state index is 0.169. The van der Waals surface area contributed by atoms with Gasteiger partial charge in [-0.05, 0) is 26.2 Å². The lowest BCUT2D eigenvalue weighted by molar-refractivity contribution is 0.205. The smallest absolute Gasteiger partial charge is 0.213 e. The van der Waals surface area contributed by atoms with Crippen LogP contribution in [-0.2, 0) is 0 Å². The molecule has 2 heterocycles. The molecule has 0 radical (unpaired) electrons. The third-order valence-electron chi connectivity index (χ3n) is 3.81. The van der Waals surface area contributed by atoms with Gasteiger partial charge in [0.25, 0.3) is 0 Å². The van der Waals surface area contributed by atoms with Crippen molar-refractivity contribution in [2.45, 2.75) is 31.1 Å². The van der Waals surface area contributed by atoms with Crippen LogP contribution < -0.4 is 10.1 Å². The average molecular weight is 322 g/mol. The second-order valence-electron chi connectivity index (χ2n) is 6.01. The molecule has 1 atom stereocenters. The number of ether oxygens (including phenoxy) is 1. The van der Waals surface area contributed by atoms with Gasteiger partial charge in [-0.15, -0.1) is 0 Å².